The second-order valence-electron chi connectivity index (χ2n) is 6.41. The molecule has 0 bridgehead atoms. The second kappa shape index (κ2) is 7.99. The predicted molar refractivity (Wildman–Crippen MR) is 99.3 cm³/mol. The number of halogens is 1. The van der Waals surface area contributed by atoms with E-state index >= 15 is 0 Å². The number of pyridine rings is 1. The van der Waals surface area contributed by atoms with Crippen molar-refractivity contribution in [1.29, 1.82) is 5.41 Å². The normalized spacial score (nSPS) is 18.8. The summed E-state index contributed by atoms with van der Waals surface area (Å²) < 4.78 is 19.6. The van der Waals surface area contributed by atoms with E-state index < -0.39 is 11.9 Å². The Morgan fingerprint density at radius 3 is 2.85 bits per heavy atom. The highest BCUT2D eigenvalue weighted by Gasteiger charge is 2.45. The van der Waals surface area contributed by atoms with Crippen LogP contribution in [0.2, 0.25) is 0 Å². The highest BCUT2D eigenvalue weighted by atomic mass is 19.1. The number of carboxylic acid groups (broad SMARTS) is 1. The van der Waals surface area contributed by atoms with Gasteiger partial charge in [0.05, 0.1) is 30.1 Å². The van der Waals surface area contributed by atoms with Crippen molar-refractivity contribution in [2.75, 3.05) is 6.61 Å². The van der Waals surface area contributed by atoms with Gasteiger partial charge < -0.3 is 21.0 Å². The Morgan fingerprint density at radius 2 is 2.22 bits per heavy atom. The van der Waals surface area contributed by atoms with Gasteiger partial charge in [0, 0.05) is 18.6 Å². The fourth-order valence-corrected chi connectivity index (χ4v) is 2.94. The van der Waals surface area contributed by atoms with Gasteiger partial charge in [0.2, 0.25) is 0 Å². The molecular weight excluding hydrogens is 349 g/mol. The predicted octanol–water partition coefficient (Wildman–Crippen LogP) is 2.98. The monoisotopic (exact) mass is 369 g/mol. The summed E-state index contributed by atoms with van der Waals surface area (Å²) in [5.74, 6) is -1.37. The Labute approximate surface area is 156 Å². The van der Waals surface area contributed by atoms with Crippen LogP contribution < -0.4 is 10.5 Å². The van der Waals surface area contributed by atoms with Gasteiger partial charge >= 0.3 is 5.97 Å². The van der Waals surface area contributed by atoms with E-state index in [0.29, 0.717) is 42.2 Å². The van der Waals surface area contributed by atoms with Crippen molar-refractivity contribution in [3.8, 4) is 5.75 Å². The maximum Gasteiger partial charge on any atom is 0.307 e. The fourth-order valence-electron chi connectivity index (χ4n) is 2.94. The minimum atomic E-state index is -0.875. The van der Waals surface area contributed by atoms with Crippen LogP contribution in [0.1, 0.15) is 29.2 Å². The van der Waals surface area contributed by atoms with Crippen LogP contribution in [0.15, 0.2) is 42.6 Å². The molecular formula is C20H20FN3O3. The standard InChI is InChI=1S/C20H20FN3O3/c21-17-3-1-12(9-15(17)14-10-16(14)20(25)26)6-8-27-13-2-4-19(24-11-13)18(23)5-7-22/h1-5,7,9,11,14,16,22H,6,8,10,23H2,(H,25,26)/b18-5-,22-7?. The number of carboxylic acids is 1. The second-order valence-corrected chi connectivity index (χ2v) is 6.41. The van der Waals surface area contributed by atoms with E-state index in [4.69, 9.17) is 21.0 Å². The van der Waals surface area contributed by atoms with Gasteiger partial charge in [-0.1, -0.05) is 12.1 Å². The molecule has 1 aliphatic rings. The molecule has 1 heterocycles. The van der Waals surface area contributed by atoms with Crippen molar-refractivity contribution in [2.24, 2.45) is 11.7 Å². The molecule has 27 heavy (non-hydrogen) atoms. The summed E-state index contributed by atoms with van der Waals surface area (Å²) >= 11 is 0. The van der Waals surface area contributed by atoms with Gasteiger partial charge in [-0.3, -0.25) is 9.78 Å². The van der Waals surface area contributed by atoms with Crippen molar-refractivity contribution < 1.29 is 19.0 Å². The first-order valence-corrected chi connectivity index (χ1v) is 8.56. The van der Waals surface area contributed by atoms with Crippen LogP contribution in [-0.4, -0.2) is 28.9 Å². The molecule has 140 valence electrons. The average Bonchev–Trinajstić information content (AvgIpc) is 3.45. The third-order valence-electron chi connectivity index (χ3n) is 4.52. The fraction of sp³-hybridized carbons (Fsp3) is 0.250. The third-order valence-corrected chi connectivity index (χ3v) is 4.52. The van der Waals surface area contributed by atoms with Gasteiger partial charge in [-0.2, -0.15) is 0 Å². The van der Waals surface area contributed by atoms with E-state index in [1.54, 1.807) is 30.5 Å². The van der Waals surface area contributed by atoms with E-state index in [-0.39, 0.29) is 11.7 Å². The number of ether oxygens (including phenoxy) is 1. The van der Waals surface area contributed by atoms with Crippen molar-refractivity contribution in [1.82, 2.24) is 4.98 Å². The molecule has 0 saturated heterocycles. The first-order chi connectivity index (χ1) is 13.0. The molecule has 0 spiro atoms. The lowest BCUT2D eigenvalue weighted by Crippen LogP contribution is -2.05. The first-order valence-electron chi connectivity index (χ1n) is 8.56. The molecule has 6 nitrogen and oxygen atoms in total. The Balaban J connectivity index is 1.57. The van der Waals surface area contributed by atoms with Crippen LogP contribution in [0.4, 0.5) is 4.39 Å². The van der Waals surface area contributed by atoms with Crippen molar-refractivity contribution in [2.45, 2.75) is 18.8 Å². The quantitative estimate of drug-likeness (QED) is 0.620. The molecule has 4 N–H and O–H groups in total. The molecule has 2 atom stereocenters. The topological polar surface area (TPSA) is 109 Å². The summed E-state index contributed by atoms with van der Waals surface area (Å²) in [6.07, 6.45) is 5.15. The summed E-state index contributed by atoms with van der Waals surface area (Å²) in [5.41, 5.74) is 8.08. The lowest BCUT2D eigenvalue weighted by atomic mass is 10.0. The molecule has 2 aromatic rings. The van der Waals surface area contributed by atoms with Crippen LogP contribution in [0.25, 0.3) is 5.70 Å². The lowest BCUT2D eigenvalue weighted by molar-refractivity contribution is -0.138. The zero-order valence-corrected chi connectivity index (χ0v) is 14.6. The molecule has 3 rings (SSSR count). The average molecular weight is 369 g/mol. The molecule has 0 amide bonds. The minimum Gasteiger partial charge on any atom is -0.492 e. The molecule has 1 aromatic heterocycles. The number of hydrogen-bond acceptors (Lipinski definition) is 5. The highest BCUT2D eigenvalue weighted by Crippen LogP contribution is 2.48. The van der Waals surface area contributed by atoms with Crippen LogP contribution >= 0.6 is 0 Å². The smallest absolute Gasteiger partial charge is 0.307 e. The molecule has 2 unspecified atom stereocenters. The number of aromatic nitrogens is 1. The molecule has 1 aliphatic carbocycles. The Kier molecular flexibility index (Phi) is 5.49. The summed E-state index contributed by atoms with van der Waals surface area (Å²) in [4.78, 5) is 15.2. The van der Waals surface area contributed by atoms with Gasteiger partial charge in [0.1, 0.15) is 11.6 Å². The van der Waals surface area contributed by atoms with Gasteiger partial charge in [0.25, 0.3) is 0 Å². The van der Waals surface area contributed by atoms with Crippen LogP contribution in [0, 0.1) is 17.1 Å². The number of nitrogens with two attached hydrogens (primary N) is 1. The Hall–Kier alpha value is -3.22. The van der Waals surface area contributed by atoms with Gasteiger partial charge in [-0.05, 0) is 41.8 Å². The number of aliphatic carboxylic acids is 1. The first kappa shape index (κ1) is 18.6. The zero-order chi connectivity index (χ0) is 19.4. The molecule has 0 aliphatic heterocycles. The number of nitrogens with zero attached hydrogens (tertiary/aromatic N) is 1. The van der Waals surface area contributed by atoms with Gasteiger partial charge in [0.15, 0.2) is 0 Å². The molecule has 0 radical (unpaired) electrons. The number of nitrogens with one attached hydrogen (secondary N) is 1. The molecule has 7 heteroatoms. The zero-order valence-electron chi connectivity index (χ0n) is 14.6. The lowest BCUT2D eigenvalue weighted by Gasteiger charge is -2.09. The van der Waals surface area contributed by atoms with Crippen LogP contribution in [-0.2, 0) is 11.2 Å². The highest BCUT2D eigenvalue weighted by molar-refractivity contribution is 5.80. The van der Waals surface area contributed by atoms with E-state index in [9.17, 15) is 9.18 Å². The van der Waals surface area contributed by atoms with Crippen LogP contribution in [0.5, 0.6) is 5.75 Å². The number of carbonyl (C=O) groups is 1. The third kappa shape index (κ3) is 4.49. The number of rotatable bonds is 8. The summed E-state index contributed by atoms with van der Waals surface area (Å²) in [5, 5.41) is 16.0. The Morgan fingerprint density at radius 1 is 1.41 bits per heavy atom. The summed E-state index contributed by atoms with van der Waals surface area (Å²) in [7, 11) is 0. The maximum absolute atomic E-state index is 14.0. The van der Waals surface area contributed by atoms with Gasteiger partial charge in [-0.25, -0.2) is 4.39 Å². The van der Waals surface area contributed by atoms with E-state index in [2.05, 4.69) is 4.98 Å². The molecule has 1 saturated carbocycles. The number of allylic oxidation sites excluding steroid dienone is 1. The van der Waals surface area contributed by atoms with E-state index in [1.807, 2.05) is 0 Å². The summed E-state index contributed by atoms with van der Waals surface area (Å²) in [6.45, 7) is 0.380. The Bertz CT molecular complexity index is 881. The van der Waals surface area contributed by atoms with Crippen molar-refractivity contribution in [3.63, 3.8) is 0 Å². The molecule has 1 fully saturated rings. The number of benzene rings is 1. The maximum atomic E-state index is 14.0. The minimum absolute atomic E-state index is 0.236. The van der Waals surface area contributed by atoms with Crippen LogP contribution in [0.3, 0.4) is 0 Å². The summed E-state index contributed by atoms with van der Waals surface area (Å²) in [6, 6.07) is 8.25. The van der Waals surface area contributed by atoms with E-state index in [0.717, 1.165) is 11.8 Å². The largest absolute Gasteiger partial charge is 0.492 e. The van der Waals surface area contributed by atoms with Gasteiger partial charge in [-0.15, -0.1) is 0 Å². The SMILES string of the molecule is N=C/C=C(\N)c1ccc(OCCc2ccc(F)c(C3CC3C(=O)O)c2)cn1. The van der Waals surface area contributed by atoms with E-state index in [1.165, 1.54) is 12.1 Å². The van der Waals surface area contributed by atoms with Crippen molar-refractivity contribution >= 4 is 17.9 Å². The molecule has 1 aromatic carbocycles. The number of hydrogen-bond donors (Lipinski definition) is 3. The van der Waals surface area contributed by atoms with Crippen molar-refractivity contribution in [3.05, 3.63) is 65.2 Å².